The number of rotatable bonds is 5. The minimum Gasteiger partial charge on any atom is -0.374 e. The van der Waals surface area contributed by atoms with Gasteiger partial charge in [-0.3, -0.25) is 0 Å². The van der Waals surface area contributed by atoms with Crippen LogP contribution < -0.4 is 0 Å². The SMILES string of the molecule is Cc1ccc(C)n1CCOCC(F)F. The van der Waals surface area contributed by atoms with Gasteiger partial charge in [0.1, 0.15) is 6.61 Å². The lowest BCUT2D eigenvalue weighted by atomic mass is 10.5. The summed E-state index contributed by atoms with van der Waals surface area (Å²) in [5, 5.41) is 0. The lowest BCUT2D eigenvalue weighted by Crippen LogP contribution is -2.12. The molecule has 0 bridgehead atoms. The van der Waals surface area contributed by atoms with Gasteiger partial charge in [-0.15, -0.1) is 0 Å². The molecule has 0 aromatic carbocycles. The van der Waals surface area contributed by atoms with Crippen LogP contribution in [0.25, 0.3) is 0 Å². The highest BCUT2D eigenvalue weighted by Crippen LogP contribution is 2.06. The van der Waals surface area contributed by atoms with Gasteiger partial charge in [-0.1, -0.05) is 0 Å². The third-order valence-electron chi connectivity index (χ3n) is 2.12. The van der Waals surface area contributed by atoms with E-state index in [9.17, 15) is 8.78 Å². The van der Waals surface area contributed by atoms with Gasteiger partial charge >= 0.3 is 0 Å². The molecule has 1 aromatic heterocycles. The number of aromatic nitrogens is 1. The predicted octanol–water partition coefficient (Wildman–Crippen LogP) is 2.39. The van der Waals surface area contributed by atoms with Crippen LogP contribution in [0.15, 0.2) is 12.1 Å². The first kappa shape index (κ1) is 11.2. The van der Waals surface area contributed by atoms with Gasteiger partial charge in [-0.05, 0) is 26.0 Å². The lowest BCUT2D eigenvalue weighted by Gasteiger charge is -2.09. The molecular weight excluding hydrogens is 188 g/mol. The molecule has 0 aliphatic heterocycles. The molecule has 0 radical (unpaired) electrons. The summed E-state index contributed by atoms with van der Waals surface area (Å²) in [6, 6.07) is 4.00. The summed E-state index contributed by atoms with van der Waals surface area (Å²) in [5.74, 6) is 0. The van der Waals surface area contributed by atoms with E-state index in [0.29, 0.717) is 13.2 Å². The first-order valence-electron chi connectivity index (χ1n) is 4.60. The third-order valence-corrected chi connectivity index (χ3v) is 2.12. The van der Waals surface area contributed by atoms with Crippen LogP contribution in [-0.4, -0.2) is 24.2 Å². The van der Waals surface area contributed by atoms with Gasteiger partial charge in [-0.25, -0.2) is 8.78 Å². The zero-order chi connectivity index (χ0) is 10.6. The average Bonchev–Trinajstić information content (AvgIpc) is 2.42. The molecule has 1 aromatic rings. The number of hydrogen-bond acceptors (Lipinski definition) is 1. The van der Waals surface area contributed by atoms with Crippen LogP contribution in [0, 0.1) is 13.8 Å². The number of aryl methyl sites for hydroxylation is 2. The lowest BCUT2D eigenvalue weighted by molar-refractivity contribution is 0.0146. The van der Waals surface area contributed by atoms with E-state index >= 15 is 0 Å². The number of halogens is 2. The molecule has 0 spiro atoms. The molecule has 0 saturated heterocycles. The standard InChI is InChI=1S/C10H15F2NO/c1-8-3-4-9(2)13(8)5-6-14-7-10(11)12/h3-4,10H,5-7H2,1-2H3. The van der Waals surface area contributed by atoms with Crippen LogP contribution in [0.1, 0.15) is 11.4 Å². The molecule has 0 aliphatic rings. The van der Waals surface area contributed by atoms with Crippen LogP contribution in [-0.2, 0) is 11.3 Å². The highest BCUT2D eigenvalue weighted by Gasteiger charge is 2.03. The van der Waals surface area contributed by atoms with Gasteiger partial charge in [0, 0.05) is 17.9 Å². The maximum atomic E-state index is 11.7. The molecule has 14 heavy (non-hydrogen) atoms. The van der Waals surface area contributed by atoms with E-state index in [-0.39, 0.29) is 0 Å². The summed E-state index contributed by atoms with van der Waals surface area (Å²) in [6.07, 6.45) is -2.37. The Bertz CT molecular complexity index is 264. The molecule has 0 unspecified atom stereocenters. The van der Waals surface area contributed by atoms with Crippen LogP contribution >= 0.6 is 0 Å². The molecule has 0 aliphatic carbocycles. The van der Waals surface area contributed by atoms with Gasteiger partial charge in [-0.2, -0.15) is 0 Å². The maximum Gasteiger partial charge on any atom is 0.261 e. The molecule has 0 fully saturated rings. The van der Waals surface area contributed by atoms with Gasteiger partial charge in [0.2, 0.25) is 0 Å². The van der Waals surface area contributed by atoms with E-state index in [1.165, 1.54) is 0 Å². The van der Waals surface area contributed by atoms with E-state index in [1.807, 2.05) is 30.5 Å². The molecule has 1 rings (SSSR count). The number of nitrogens with zero attached hydrogens (tertiary/aromatic N) is 1. The van der Waals surface area contributed by atoms with Crippen molar-refractivity contribution in [3.63, 3.8) is 0 Å². The summed E-state index contributed by atoms with van der Waals surface area (Å²) in [4.78, 5) is 0. The minimum atomic E-state index is -2.37. The van der Waals surface area contributed by atoms with Gasteiger partial charge in [0.25, 0.3) is 6.43 Å². The largest absolute Gasteiger partial charge is 0.374 e. The fourth-order valence-corrected chi connectivity index (χ4v) is 1.38. The Morgan fingerprint density at radius 1 is 1.29 bits per heavy atom. The molecule has 2 nitrogen and oxygen atoms in total. The number of ether oxygens (including phenoxy) is 1. The van der Waals surface area contributed by atoms with Crippen molar-refractivity contribution in [2.75, 3.05) is 13.2 Å². The Morgan fingerprint density at radius 2 is 1.86 bits per heavy atom. The highest BCUT2D eigenvalue weighted by molar-refractivity contribution is 5.13. The number of hydrogen-bond donors (Lipinski definition) is 0. The molecule has 80 valence electrons. The average molecular weight is 203 g/mol. The normalized spacial score (nSPS) is 11.2. The summed E-state index contributed by atoms with van der Waals surface area (Å²) in [7, 11) is 0. The topological polar surface area (TPSA) is 14.2 Å². The second-order valence-corrected chi connectivity index (χ2v) is 3.23. The van der Waals surface area contributed by atoms with Gasteiger partial charge < -0.3 is 9.30 Å². The Kier molecular flexibility index (Phi) is 4.07. The van der Waals surface area contributed by atoms with Crippen LogP contribution in [0.3, 0.4) is 0 Å². The molecule has 1 heterocycles. The molecule has 0 atom stereocenters. The summed E-state index contributed by atoms with van der Waals surface area (Å²) in [5.41, 5.74) is 2.26. The van der Waals surface area contributed by atoms with Crippen LogP contribution in [0.4, 0.5) is 8.78 Å². The monoisotopic (exact) mass is 203 g/mol. The molecule has 4 heteroatoms. The van der Waals surface area contributed by atoms with Gasteiger partial charge in [0.15, 0.2) is 0 Å². The fraction of sp³-hybridized carbons (Fsp3) is 0.600. The van der Waals surface area contributed by atoms with E-state index < -0.39 is 13.0 Å². The van der Waals surface area contributed by atoms with E-state index in [0.717, 1.165) is 11.4 Å². The smallest absolute Gasteiger partial charge is 0.261 e. The number of alkyl halides is 2. The second-order valence-electron chi connectivity index (χ2n) is 3.23. The van der Waals surface area contributed by atoms with Crippen molar-refractivity contribution in [3.8, 4) is 0 Å². The van der Waals surface area contributed by atoms with Crippen molar-refractivity contribution in [2.24, 2.45) is 0 Å². The summed E-state index contributed by atoms with van der Waals surface area (Å²) in [6.45, 7) is 4.47. The van der Waals surface area contributed by atoms with Crippen molar-refractivity contribution < 1.29 is 13.5 Å². The highest BCUT2D eigenvalue weighted by atomic mass is 19.3. The van der Waals surface area contributed by atoms with E-state index in [4.69, 9.17) is 4.74 Å². The van der Waals surface area contributed by atoms with Gasteiger partial charge in [0.05, 0.1) is 6.61 Å². The Labute approximate surface area is 82.5 Å². The minimum absolute atomic E-state index is 0.334. The molecule has 0 N–H and O–H groups in total. The van der Waals surface area contributed by atoms with Crippen molar-refractivity contribution in [1.82, 2.24) is 4.57 Å². The quantitative estimate of drug-likeness (QED) is 0.670. The van der Waals surface area contributed by atoms with Crippen LogP contribution in [0.5, 0.6) is 0 Å². The first-order chi connectivity index (χ1) is 6.61. The Balaban J connectivity index is 2.31. The van der Waals surface area contributed by atoms with Crippen molar-refractivity contribution in [1.29, 1.82) is 0 Å². The maximum absolute atomic E-state index is 11.7. The predicted molar refractivity (Wildman–Crippen MR) is 50.7 cm³/mol. The van der Waals surface area contributed by atoms with E-state index in [2.05, 4.69) is 0 Å². The molecule has 0 amide bonds. The van der Waals surface area contributed by atoms with Crippen LogP contribution in [0.2, 0.25) is 0 Å². The molecular formula is C10H15F2NO. The van der Waals surface area contributed by atoms with E-state index in [1.54, 1.807) is 0 Å². The van der Waals surface area contributed by atoms with Crippen molar-refractivity contribution in [3.05, 3.63) is 23.5 Å². The van der Waals surface area contributed by atoms with Crippen molar-refractivity contribution in [2.45, 2.75) is 26.8 Å². The first-order valence-corrected chi connectivity index (χ1v) is 4.60. The van der Waals surface area contributed by atoms with Crippen molar-refractivity contribution >= 4 is 0 Å². The second kappa shape index (κ2) is 5.10. The molecule has 0 saturated carbocycles. The Hall–Kier alpha value is -0.900. The Morgan fingerprint density at radius 3 is 2.36 bits per heavy atom. The third kappa shape index (κ3) is 3.10. The fourth-order valence-electron chi connectivity index (χ4n) is 1.38. The zero-order valence-electron chi connectivity index (χ0n) is 8.46. The summed E-state index contributed by atoms with van der Waals surface area (Å²) >= 11 is 0. The summed E-state index contributed by atoms with van der Waals surface area (Å²) < 4.78 is 30.3. The zero-order valence-corrected chi connectivity index (χ0v) is 8.46.